The molecule has 21 heavy (non-hydrogen) atoms. The maximum Gasteiger partial charge on any atom is 0.340 e. The van der Waals surface area contributed by atoms with E-state index in [0.717, 1.165) is 6.54 Å². The van der Waals surface area contributed by atoms with E-state index in [-0.39, 0.29) is 4.75 Å². The minimum absolute atomic E-state index is 0.258. The van der Waals surface area contributed by atoms with Crippen molar-refractivity contribution in [3.8, 4) is 0 Å². The third-order valence-corrected chi connectivity index (χ3v) is 5.43. The van der Waals surface area contributed by atoms with Crippen LogP contribution in [0.1, 0.15) is 43.0 Å². The van der Waals surface area contributed by atoms with Crippen molar-refractivity contribution in [1.29, 1.82) is 0 Å². The van der Waals surface area contributed by atoms with Crippen LogP contribution in [0.3, 0.4) is 0 Å². The van der Waals surface area contributed by atoms with Gasteiger partial charge in [-0.15, -0.1) is 0 Å². The van der Waals surface area contributed by atoms with Crippen LogP contribution >= 0.6 is 11.8 Å². The first-order valence-corrected chi connectivity index (χ1v) is 8.55. The number of nitrogen functional groups attached to an aromatic ring is 1. The molecule has 0 radical (unpaired) electrons. The quantitative estimate of drug-likeness (QED) is 0.787. The molecule has 1 heterocycles. The molecule has 0 saturated heterocycles. The molecule has 0 unspecified atom stereocenters. The molecule has 1 aromatic heterocycles. The Hall–Kier alpha value is -1.43. The molecule has 5 nitrogen and oxygen atoms in total. The lowest BCUT2D eigenvalue weighted by molar-refractivity contribution is 0.0527. The molecule has 1 fully saturated rings. The van der Waals surface area contributed by atoms with Crippen LogP contribution < -0.4 is 11.1 Å². The van der Waals surface area contributed by atoms with Crippen LogP contribution in [-0.4, -0.2) is 35.1 Å². The maximum atomic E-state index is 11.8. The molecule has 1 aliphatic rings. The molecule has 0 aromatic carbocycles. The van der Waals surface area contributed by atoms with Gasteiger partial charge in [-0.2, -0.15) is 11.8 Å². The number of thioether (sulfide) groups is 1. The predicted molar refractivity (Wildman–Crippen MR) is 87.8 cm³/mol. The summed E-state index contributed by atoms with van der Waals surface area (Å²) in [6.07, 6.45) is 8.70. The van der Waals surface area contributed by atoms with E-state index in [9.17, 15) is 4.79 Å². The van der Waals surface area contributed by atoms with Crippen LogP contribution in [0.5, 0.6) is 0 Å². The lowest BCUT2D eigenvalue weighted by Crippen LogP contribution is -2.30. The normalized spacial score (nSPS) is 16.7. The smallest absolute Gasteiger partial charge is 0.340 e. The van der Waals surface area contributed by atoms with Gasteiger partial charge in [0.15, 0.2) is 0 Å². The zero-order chi connectivity index (χ0) is 15.3. The van der Waals surface area contributed by atoms with Gasteiger partial charge >= 0.3 is 5.97 Å². The Balaban J connectivity index is 2.10. The number of rotatable bonds is 6. The zero-order valence-corrected chi connectivity index (χ0v) is 13.5. The molecule has 2 rings (SSSR count). The molecule has 116 valence electrons. The van der Waals surface area contributed by atoms with Gasteiger partial charge in [0.1, 0.15) is 5.82 Å². The number of anilines is 2. The number of esters is 1. The topological polar surface area (TPSA) is 77.2 Å². The van der Waals surface area contributed by atoms with E-state index in [1.807, 2.05) is 11.8 Å². The highest BCUT2D eigenvalue weighted by atomic mass is 32.2. The predicted octanol–water partition coefficient (Wildman–Crippen LogP) is 2.93. The van der Waals surface area contributed by atoms with Crippen molar-refractivity contribution in [2.45, 2.75) is 37.4 Å². The van der Waals surface area contributed by atoms with Gasteiger partial charge in [0, 0.05) is 17.5 Å². The summed E-state index contributed by atoms with van der Waals surface area (Å²) in [7, 11) is 0. The summed E-state index contributed by atoms with van der Waals surface area (Å²) in [5.74, 6) is 0.168. The number of hydrogen-bond donors (Lipinski definition) is 2. The molecule has 3 N–H and O–H groups in total. The van der Waals surface area contributed by atoms with Gasteiger partial charge < -0.3 is 15.8 Å². The van der Waals surface area contributed by atoms with Gasteiger partial charge in [0.25, 0.3) is 0 Å². The summed E-state index contributed by atoms with van der Waals surface area (Å²) in [6, 6.07) is 1.60. The largest absolute Gasteiger partial charge is 0.462 e. The van der Waals surface area contributed by atoms with Crippen LogP contribution in [0.2, 0.25) is 0 Å². The fourth-order valence-corrected chi connectivity index (χ4v) is 3.63. The monoisotopic (exact) mass is 309 g/mol. The Morgan fingerprint density at radius 2 is 2.24 bits per heavy atom. The number of pyridine rings is 1. The molecule has 1 saturated carbocycles. The summed E-state index contributed by atoms with van der Waals surface area (Å²) in [6.45, 7) is 2.92. The van der Waals surface area contributed by atoms with E-state index < -0.39 is 5.97 Å². The van der Waals surface area contributed by atoms with Gasteiger partial charge in [-0.05, 0) is 32.1 Å². The van der Waals surface area contributed by atoms with E-state index in [1.54, 1.807) is 19.2 Å². The van der Waals surface area contributed by atoms with E-state index in [4.69, 9.17) is 10.5 Å². The number of hydrogen-bond acceptors (Lipinski definition) is 6. The molecule has 1 aromatic rings. The second-order valence-electron chi connectivity index (χ2n) is 5.29. The Bertz CT molecular complexity index is 502. The van der Waals surface area contributed by atoms with Gasteiger partial charge in [0.2, 0.25) is 0 Å². The summed E-state index contributed by atoms with van der Waals surface area (Å²) in [5.41, 5.74) is 6.79. The lowest BCUT2D eigenvalue weighted by atomic mass is 10.1. The molecule has 0 atom stereocenters. The Morgan fingerprint density at radius 1 is 1.52 bits per heavy atom. The van der Waals surface area contributed by atoms with E-state index in [2.05, 4.69) is 16.6 Å². The van der Waals surface area contributed by atoms with Gasteiger partial charge in [-0.3, -0.25) is 0 Å². The van der Waals surface area contributed by atoms with Crippen molar-refractivity contribution in [3.05, 3.63) is 17.8 Å². The Labute approximate surface area is 130 Å². The zero-order valence-electron chi connectivity index (χ0n) is 12.6. The third-order valence-electron chi connectivity index (χ3n) is 4.01. The van der Waals surface area contributed by atoms with Crippen molar-refractivity contribution >= 4 is 29.2 Å². The van der Waals surface area contributed by atoms with Crippen molar-refractivity contribution in [3.63, 3.8) is 0 Å². The van der Waals surface area contributed by atoms with Gasteiger partial charge in [-0.1, -0.05) is 12.8 Å². The highest BCUT2D eigenvalue weighted by Crippen LogP contribution is 2.40. The lowest BCUT2D eigenvalue weighted by Gasteiger charge is -2.27. The first-order chi connectivity index (χ1) is 10.1. The minimum Gasteiger partial charge on any atom is -0.462 e. The molecule has 0 amide bonds. The van der Waals surface area contributed by atoms with Crippen molar-refractivity contribution in [2.24, 2.45) is 0 Å². The van der Waals surface area contributed by atoms with Crippen LogP contribution in [0.25, 0.3) is 0 Å². The van der Waals surface area contributed by atoms with E-state index in [0.29, 0.717) is 23.7 Å². The third kappa shape index (κ3) is 3.61. The van der Waals surface area contributed by atoms with Crippen LogP contribution in [0, 0.1) is 0 Å². The molecular formula is C15H23N3O2S. The fraction of sp³-hybridized carbons (Fsp3) is 0.600. The maximum absolute atomic E-state index is 11.8. The Morgan fingerprint density at radius 3 is 2.86 bits per heavy atom. The molecular weight excluding hydrogens is 286 g/mol. The number of nitrogens with one attached hydrogen (secondary N) is 1. The number of carbonyl (C=O) groups excluding carboxylic acids is 1. The summed E-state index contributed by atoms with van der Waals surface area (Å²) in [4.78, 5) is 16.1. The second kappa shape index (κ2) is 7.02. The van der Waals surface area contributed by atoms with Crippen molar-refractivity contribution in [1.82, 2.24) is 4.98 Å². The van der Waals surface area contributed by atoms with Crippen molar-refractivity contribution in [2.75, 3.05) is 30.5 Å². The number of carbonyl (C=O) groups is 1. The van der Waals surface area contributed by atoms with Crippen LogP contribution in [-0.2, 0) is 4.74 Å². The standard InChI is InChI=1S/C15H23N3O2S/c1-3-20-14(19)11-6-9-17-13(12(11)16)18-10-15(21-2)7-4-5-8-15/h6,9H,3-5,7-8,10,16H2,1-2H3,(H,17,18). The van der Waals surface area contributed by atoms with E-state index in [1.165, 1.54) is 25.7 Å². The first-order valence-electron chi connectivity index (χ1n) is 7.32. The van der Waals surface area contributed by atoms with E-state index >= 15 is 0 Å². The van der Waals surface area contributed by atoms with Gasteiger partial charge in [-0.25, -0.2) is 9.78 Å². The number of aromatic nitrogens is 1. The van der Waals surface area contributed by atoms with Crippen LogP contribution in [0.15, 0.2) is 12.3 Å². The average Bonchev–Trinajstić information content (AvgIpc) is 2.96. The fourth-order valence-electron chi connectivity index (χ4n) is 2.72. The molecule has 0 aliphatic heterocycles. The SMILES string of the molecule is CCOC(=O)c1ccnc(NCC2(SC)CCCC2)c1N. The average molecular weight is 309 g/mol. The summed E-state index contributed by atoms with van der Waals surface area (Å²) in [5, 5.41) is 3.32. The molecule has 6 heteroatoms. The second-order valence-corrected chi connectivity index (χ2v) is 6.56. The number of nitrogens with zero attached hydrogens (tertiary/aromatic N) is 1. The molecule has 1 aliphatic carbocycles. The van der Waals surface area contributed by atoms with Crippen LogP contribution in [0.4, 0.5) is 11.5 Å². The highest BCUT2D eigenvalue weighted by Gasteiger charge is 2.33. The Kier molecular flexibility index (Phi) is 5.33. The first kappa shape index (κ1) is 15.9. The number of ether oxygens (including phenoxy) is 1. The summed E-state index contributed by atoms with van der Waals surface area (Å²) >= 11 is 1.90. The van der Waals surface area contributed by atoms with Gasteiger partial charge in [0.05, 0.1) is 17.9 Å². The highest BCUT2D eigenvalue weighted by molar-refractivity contribution is 8.00. The summed E-state index contributed by atoms with van der Waals surface area (Å²) < 4.78 is 5.26. The van der Waals surface area contributed by atoms with Crippen molar-refractivity contribution < 1.29 is 9.53 Å². The number of nitrogens with two attached hydrogens (primary N) is 1. The molecule has 0 bridgehead atoms. The molecule has 0 spiro atoms. The minimum atomic E-state index is -0.402.